The molecular weight excluding hydrogens is 258 g/mol. The van der Waals surface area contributed by atoms with Crippen LogP contribution in [0.2, 0.25) is 0 Å². The second-order valence-corrected chi connectivity index (χ2v) is 7.75. The molecule has 2 aliphatic carbocycles. The van der Waals surface area contributed by atoms with E-state index < -0.39 is 0 Å². The van der Waals surface area contributed by atoms with Gasteiger partial charge in [0.1, 0.15) is 12.4 Å². The summed E-state index contributed by atoms with van der Waals surface area (Å²) in [5.74, 6) is 2.96. The first kappa shape index (κ1) is 14.9. The van der Waals surface area contributed by atoms with Gasteiger partial charge in [0.15, 0.2) is 0 Å². The van der Waals surface area contributed by atoms with E-state index in [4.69, 9.17) is 4.74 Å². The van der Waals surface area contributed by atoms with Crippen molar-refractivity contribution in [3.63, 3.8) is 0 Å². The van der Waals surface area contributed by atoms with Crippen molar-refractivity contribution in [2.75, 3.05) is 13.2 Å². The van der Waals surface area contributed by atoms with Gasteiger partial charge in [0.2, 0.25) is 0 Å². The van der Waals surface area contributed by atoms with Crippen LogP contribution in [0.25, 0.3) is 0 Å². The summed E-state index contributed by atoms with van der Waals surface area (Å²) in [7, 11) is 0. The number of nitrogens with one attached hydrogen (secondary N) is 1. The average Bonchev–Trinajstić information content (AvgIpc) is 3.31. The van der Waals surface area contributed by atoms with Crippen LogP contribution < -0.4 is 10.1 Å². The Morgan fingerprint density at radius 1 is 1.10 bits per heavy atom. The van der Waals surface area contributed by atoms with Crippen molar-refractivity contribution in [1.82, 2.24) is 5.32 Å². The molecule has 2 saturated carbocycles. The highest BCUT2D eigenvalue weighted by Crippen LogP contribution is 2.44. The van der Waals surface area contributed by atoms with Crippen LogP contribution in [0, 0.1) is 11.8 Å². The molecule has 0 aromatic heterocycles. The highest BCUT2D eigenvalue weighted by molar-refractivity contribution is 5.38. The van der Waals surface area contributed by atoms with Gasteiger partial charge in [0.05, 0.1) is 0 Å². The normalized spacial score (nSPS) is 19.0. The SMILES string of the molecule is CC(C)(C)c1ccccc1OCCNC(C1CC1)C1CC1. The first-order chi connectivity index (χ1) is 10.1. The number of rotatable bonds is 7. The van der Waals surface area contributed by atoms with E-state index in [1.165, 1.54) is 31.2 Å². The van der Waals surface area contributed by atoms with Crippen molar-refractivity contribution in [2.24, 2.45) is 11.8 Å². The Labute approximate surface area is 129 Å². The molecule has 21 heavy (non-hydrogen) atoms. The van der Waals surface area contributed by atoms with Gasteiger partial charge in [-0.2, -0.15) is 0 Å². The molecule has 0 amide bonds. The predicted molar refractivity (Wildman–Crippen MR) is 87.9 cm³/mol. The summed E-state index contributed by atoms with van der Waals surface area (Å²) in [6, 6.07) is 9.21. The standard InChI is InChI=1S/C19H29NO/c1-19(2,3)16-6-4-5-7-17(16)21-13-12-20-18(14-8-9-14)15-10-11-15/h4-7,14-15,18,20H,8-13H2,1-3H3. The fourth-order valence-electron chi connectivity index (χ4n) is 3.23. The number of ether oxygens (including phenoxy) is 1. The van der Waals surface area contributed by atoms with Crippen LogP contribution in [-0.2, 0) is 5.41 Å². The third kappa shape index (κ3) is 4.00. The number of hydrogen-bond donors (Lipinski definition) is 1. The number of benzene rings is 1. The molecule has 1 N–H and O–H groups in total. The van der Waals surface area contributed by atoms with E-state index >= 15 is 0 Å². The van der Waals surface area contributed by atoms with Crippen molar-refractivity contribution < 1.29 is 4.74 Å². The van der Waals surface area contributed by atoms with E-state index in [2.05, 4.69) is 50.4 Å². The molecule has 2 nitrogen and oxygen atoms in total. The first-order valence-corrected chi connectivity index (χ1v) is 8.51. The van der Waals surface area contributed by atoms with Gasteiger partial charge in [0, 0.05) is 12.6 Å². The molecule has 2 aliphatic rings. The van der Waals surface area contributed by atoms with Crippen LogP contribution >= 0.6 is 0 Å². The van der Waals surface area contributed by atoms with Gasteiger partial charge in [-0.05, 0) is 54.6 Å². The molecule has 1 aromatic carbocycles. The van der Waals surface area contributed by atoms with E-state index in [1.54, 1.807) is 0 Å². The largest absolute Gasteiger partial charge is 0.492 e. The Kier molecular flexibility index (Phi) is 4.26. The molecule has 116 valence electrons. The summed E-state index contributed by atoms with van der Waals surface area (Å²) in [6.45, 7) is 8.45. The zero-order chi connectivity index (χ0) is 14.9. The van der Waals surface area contributed by atoms with Gasteiger partial charge in [-0.25, -0.2) is 0 Å². The molecule has 0 bridgehead atoms. The number of hydrogen-bond acceptors (Lipinski definition) is 2. The van der Waals surface area contributed by atoms with Crippen LogP contribution in [-0.4, -0.2) is 19.2 Å². The molecule has 0 unspecified atom stereocenters. The summed E-state index contributed by atoms with van der Waals surface area (Å²) >= 11 is 0. The second-order valence-electron chi connectivity index (χ2n) is 7.75. The van der Waals surface area contributed by atoms with E-state index in [-0.39, 0.29) is 5.41 Å². The van der Waals surface area contributed by atoms with Gasteiger partial charge >= 0.3 is 0 Å². The summed E-state index contributed by atoms with van der Waals surface area (Å²) in [4.78, 5) is 0. The second kappa shape index (κ2) is 6.00. The fourth-order valence-corrected chi connectivity index (χ4v) is 3.23. The average molecular weight is 287 g/mol. The molecule has 2 fully saturated rings. The minimum Gasteiger partial charge on any atom is -0.492 e. The smallest absolute Gasteiger partial charge is 0.123 e. The van der Waals surface area contributed by atoms with Crippen LogP contribution in [0.15, 0.2) is 24.3 Å². The fraction of sp³-hybridized carbons (Fsp3) is 0.684. The molecule has 2 heteroatoms. The van der Waals surface area contributed by atoms with E-state index in [1.807, 2.05) is 0 Å². The molecule has 3 rings (SSSR count). The maximum Gasteiger partial charge on any atom is 0.123 e. The predicted octanol–water partition coefficient (Wildman–Crippen LogP) is 4.14. The van der Waals surface area contributed by atoms with Gasteiger partial charge in [-0.1, -0.05) is 39.0 Å². The molecule has 0 spiro atoms. The van der Waals surface area contributed by atoms with Crippen molar-refractivity contribution in [2.45, 2.75) is 57.9 Å². The molecule has 0 saturated heterocycles. The third-order valence-corrected chi connectivity index (χ3v) is 4.69. The lowest BCUT2D eigenvalue weighted by molar-refractivity contribution is 0.287. The maximum absolute atomic E-state index is 6.05. The topological polar surface area (TPSA) is 21.3 Å². The highest BCUT2D eigenvalue weighted by Gasteiger charge is 2.40. The van der Waals surface area contributed by atoms with Gasteiger partial charge < -0.3 is 10.1 Å². The Hall–Kier alpha value is -1.02. The zero-order valence-electron chi connectivity index (χ0n) is 13.7. The lowest BCUT2D eigenvalue weighted by atomic mass is 9.86. The highest BCUT2D eigenvalue weighted by atomic mass is 16.5. The van der Waals surface area contributed by atoms with Crippen molar-refractivity contribution in [3.05, 3.63) is 29.8 Å². The molecule has 0 heterocycles. The Balaban J connectivity index is 1.49. The molecular formula is C19H29NO. The molecule has 1 aromatic rings. The van der Waals surface area contributed by atoms with Crippen LogP contribution in [0.4, 0.5) is 0 Å². The van der Waals surface area contributed by atoms with Crippen molar-refractivity contribution in [3.8, 4) is 5.75 Å². The van der Waals surface area contributed by atoms with E-state index in [0.717, 1.165) is 36.8 Å². The molecule has 0 radical (unpaired) electrons. The summed E-state index contributed by atoms with van der Waals surface area (Å²) < 4.78 is 6.05. The Morgan fingerprint density at radius 3 is 2.29 bits per heavy atom. The first-order valence-electron chi connectivity index (χ1n) is 8.51. The van der Waals surface area contributed by atoms with Crippen LogP contribution in [0.3, 0.4) is 0 Å². The number of para-hydroxylation sites is 1. The lowest BCUT2D eigenvalue weighted by Crippen LogP contribution is -2.36. The lowest BCUT2D eigenvalue weighted by Gasteiger charge is -2.23. The summed E-state index contributed by atoms with van der Waals surface area (Å²) in [5.41, 5.74) is 1.43. The quantitative estimate of drug-likeness (QED) is 0.761. The summed E-state index contributed by atoms with van der Waals surface area (Å²) in [5, 5.41) is 3.75. The van der Waals surface area contributed by atoms with E-state index in [0.29, 0.717) is 0 Å². The van der Waals surface area contributed by atoms with Crippen LogP contribution in [0.5, 0.6) is 5.75 Å². The van der Waals surface area contributed by atoms with Crippen LogP contribution in [0.1, 0.15) is 52.0 Å². The minimum absolute atomic E-state index is 0.134. The Bertz CT molecular complexity index is 457. The minimum atomic E-state index is 0.134. The monoisotopic (exact) mass is 287 g/mol. The molecule has 0 atom stereocenters. The van der Waals surface area contributed by atoms with Crippen molar-refractivity contribution in [1.29, 1.82) is 0 Å². The van der Waals surface area contributed by atoms with Gasteiger partial charge in [-0.15, -0.1) is 0 Å². The van der Waals surface area contributed by atoms with Gasteiger partial charge in [0.25, 0.3) is 0 Å². The maximum atomic E-state index is 6.05. The third-order valence-electron chi connectivity index (χ3n) is 4.69. The van der Waals surface area contributed by atoms with Gasteiger partial charge in [-0.3, -0.25) is 0 Å². The van der Waals surface area contributed by atoms with E-state index in [9.17, 15) is 0 Å². The Morgan fingerprint density at radius 2 is 1.71 bits per heavy atom. The summed E-state index contributed by atoms with van der Waals surface area (Å²) in [6.07, 6.45) is 5.73. The molecule has 0 aliphatic heterocycles. The van der Waals surface area contributed by atoms with Crippen molar-refractivity contribution >= 4 is 0 Å². The zero-order valence-corrected chi connectivity index (χ0v) is 13.7.